The van der Waals surface area contributed by atoms with E-state index in [2.05, 4.69) is 5.32 Å². The highest BCUT2D eigenvalue weighted by Crippen LogP contribution is 2.40. The van der Waals surface area contributed by atoms with Crippen LogP contribution in [0.15, 0.2) is 36.4 Å². The van der Waals surface area contributed by atoms with Crippen molar-refractivity contribution in [1.82, 2.24) is 9.88 Å². The molecule has 0 bridgehead atoms. The third-order valence-corrected chi connectivity index (χ3v) is 7.46. The van der Waals surface area contributed by atoms with Crippen LogP contribution in [0.3, 0.4) is 0 Å². The number of nitrogens with one attached hydrogen (secondary N) is 1. The lowest BCUT2D eigenvalue weighted by Gasteiger charge is -2.30. The Bertz CT molecular complexity index is 1250. The lowest BCUT2D eigenvalue weighted by Crippen LogP contribution is -2.47. The molecule has 1 aliphatic heterocycles. The fourth-order valence-electron chi connectivity index (χ4n) is 4.58. The molecule has 1 aromatic heterocycles. The number of amides is 1. The SMILES string of the molecule is CC.CCC(C(=O)O)c1ccc(C2(NC(=O)c3cc4c(Cl)c(Cl)c(OC)cc4n3C)CCOC2)cc1. The fraction of sp³-hybridized carbons (Fsp3) is 0.407. The molecule has 0 radical (unpaired) electrons. The van der Waals surface area contributed by atoms with Crippen LogP contribution in [0.1, 0.15) is 61.1 Å². The monoisotopic (exact) mass is 534 g/mol. The first-order valence-electron chi connectivity index (χ1n) is 12.0. The number of carboxylic acid groups (broad SMARTS) is 1. The minimum atomic E-state index is -0.853. The van der Waals surface area contributed by atoms with Crippen molar-refractivity contribution in [3.63, 3.8) is 0 Å². The largest absolute Gasteiger partial charge is 0.495 e. The highest BCUT2D eigenvalue weighted by atomic mass is 35.5. The summed E-state index contributed by atoms with van der Waals surface area (Å²) in [7, 11) is 3.29. The number of benzene rings is 2. The second-order valence-electron chi connectivity index (χ2n) is 8.49. The standard InChI is InChI=1S/C25H26Cl2N2O5.C2H6/c1-4-16(24(31)32)14-5-7-15(8-6-14)25(9-10-34-13-25)28-23(30)19-11-17-18(29(19)2)12-20(33-3)22(27)21(17)26;1-2/h5-8,11-12,16H,4,9-10,13H2,1-3H3,(H,28,30)(H,31,32);1-2H3. The van der Waals surface area contributed by atoms with E-state index in [1.165, 1.54) is 7.11 Å². The van der Waals surface area contributed by atoms with Crippen LogP contribution >= 0.6 is 23.2 Å². The van der Waals surface area contributed by atoms with Crippen molar-refractivity contribution in [3.8, 4) is 5.75 Å². The van der Waals surface area contributed by atoms with E-state index >= 15 is 0 Å². The van der Waals surface area contributed by atoms with Gasteiger partial charge in [0.15, 0.2) is 0 Å². The number of carbonyl (C=O) groups excluding carboxylic acids is 1. The van der Waals surface area contributed by atoms with Crippen LogP contribution in [0.5, 0.6) is 5.75 Å². The molecule has 36 heavy (non-hydrogen) atoms. The first-order valence-corrected chi connectivity index (χ1v) is 12.7. The lowest BCUT2D eigenvalue weighted by molar-refractivity contribution is -0.138. The molecule has 0 aliphatic carbocycles. The third-order valence-electron chi connectivity index (χ3n) is 6.59. The average Bonchev–Trinajstić information content (AvgIpc) is 3.48. The quantitative estimate of drug-likeness (QED) is 0.379. The van der Waals surface area contributed by atoms with E-state index in [9.17, 15) is 14.7 Å². The predicted molar refractivity (Wildman–Crippen MR) is 143 cm³/mol. The smallest absolute Gasteiger partial charge is 0.310 e. The third kappa shape index (κ3) is 5.05. The number of carbonyl (C=O) groups is 2. The van der Waals surface area contributed by atoms with Gasteiger partial charge in [0.25, 0.3) is 5.91 Å². The highest BCUT2D eigenvalue weighted by molar-refractivity contribution is 6.46. The normalized spacial score (nSPS) is 17.9. The molecule has 1 fully saturated rings. The molecule has 2 unspecified atom stereocenters. The Morgan fingerprint density at radius 2 is 1.86 bits per heavy atom. The van der Waals surface area contributed by atoms with Gasteiger partial charge in [-0.25, -0.2) is 0 Å². The number of rotatable bonds is 7. The molecule has 2 atom stereocenters. The van der Waals surface area contributed by atoms with Crippen molar-refractivity contribution < 1.29 is 24.2 Å². The molecule has 2 heterocycles. The number of aromatic nitrogens is 1. The number of ether oxygens (including phenoxy) is 2. The van der Waals surface area contributed by atoms with Gasteiger partial charge >= 0.3 is 5.97 Å². The Hall–Kier alpha value is -2.74. The molecule has 3 aromatic rings. The number of halogens is 2. The first-order chi connectivity index (χ1) is 17.2. The average molecular weight is 535 g/mol. The van der Waals surface area contributed by atoms with Crippen molar-refractivity contribution in [2.45, 2.75) is 45.1 Å². The van der Waals surface area contributed by atoms with Crippen LogP contribution in [-0.4, -0.2) is 41.9 Å². The van der Waals surface area contributed by atoms with Gasteiger partial charge in [-0.15, -0.1) is 0 Å². The van der Waals surface area contributed by atoms with Crippen molar-refractivity contribution in [2.24, 2.45) is 7.05 Å². The highest BCUT2D eigenvalue weighted by Gasteiger charge is 2.39. The molecule has 0 saturated carbocycles. The van der Waals surface area contributed by atoms with Gasteiger partial charge < -0.3 is 24.5 Å². The molecule has 1 amide bonds. The molecule has 7 nitrogen and oxygen atoms in total. The second-order valence-corrected chi connectivity index (χ2v) is 9.24. The number of aryl methyl sites for hydroxylation is 1. The molecule has 1 saturated heterocycles. The van der Waals surface area contributed by atoms with Gasteiger partial charge in [0.1, 0.15) is 16.5 Å². The van der Waals surface area contributed by atoms with Gasteiger partial charge in [-0.2, -0.15) is 0 Å². The number of hydrogen-bond acceptors (Lipinski definition) is 4. The number of carboxylic acids is 1. The predicted octanol–water partition coefficient (Wildman–Crippen LogP) is 6.14. The summed E-state index contributed by atoms with van der Waals surface area (Å²) in [6.07, 6.45) is 1.09. The van der Waals surface area contributed by atoms with Crippen LogP contribution in [0.4, 0.5) is 0 Å². The summed E-state index contributed by atoms with van der Waals surface area (Å²) in [4.78, 5) is 25.0. The number of methoxy groups -OCH3 is 1. The Labute approximate surface area is 221 Å². The summed E-state index contributed by atoms with van der Waals surface area (Å²) in [5.74, 6) is -1.27. The van der Waals surface area contributed by atoms with Crippen LogP contribution in [0.2, 0.25) is 10.0 Å². The molecular weight excluding hydrogens is 503 g/mol. The molecule has 194 valence electrons. The Kier molecular flexibility index (Phi) is 8.93. The zero-order chi connectivity index (χ0) is 26.6. The maximum absolute atomic E-state index is 13.5. The topological polar surface area (TPSA) is 89.8 Å². The van der Waals surface area contributed by atoms with Gasteiger partial charge in [0.05, 0.1) is 35.7 Å². The lowest BCUT2D eigenvalue weighted by atomic mass is 9.86. The number of hydrogen-bond donors (Lipinski definition) is 2. The summed E-state index contributed by atoms with van der Waals surface area (Å²) in [5.41, 5.74) is 2.01. The van der Waals surface area contributed by atoms with Crippen LogP contribution in [-0.2, 0) is 22.1 Å². The fourth-order valence-corrected chi connectivity index (χ4v) is 5.06. The zero-order valence-electron chi connectivity index (χ0n) is 21.2. The van der Waals surface area contributed by atoms with Crippen molar-refractivity contribution >= 4 is 46.0 Å². The zero-order valence-corrected chi connectivity index (χ0v) is 22.7. The van der Waals surface area contributed by atoms with Gasteiger partial charge in [0, 0.05) is 31.5 Å². The van der Waals surface area contributed by atoms with E-state index in [1.807, 2.05) is 45.0 Å². The molecule has 4 rings (SSSR count). The van der Waals surface area contributed by atoms with E-state index < -0.39 is 17.4 Å². The number of aliphatic carboxylic acids is 1. The summed E-state index contributed by atoms with van der Waals surface area (Å²) < 4.78 is 12.7. The molecule has 9 heteroatoms. The van der Waals surface area contributed by atoms with E-state index in [-0.39, 0.29) is 5.91 Å². The molecular formula is C27H32Cl2N2O5. The number of fused-ring (bicyclic) bond motifs is 1. The van der Waals surface area contributed by atoms with Gasteiger partial charge in [-0.3, -0.25) is 9.59 Å². The summed E-state index contributed by atoms with van der Waals surface area (Å²) in [6, 6.07) is 10.8. The van der Waals surface area contributed by atoms with Crippen LogP contribution in [0.25, 0.3) is 10.9 Å². The molecule has 2 aromatic carbocycles. The minimum Gasteiger partial charge on any atom is -0.495 e. The number of nitrogens with zero attached hydrogens (tertiary/aromatic N) is 1. The summed E-state index contributed by atoms with van der Waals surface area (Å²) in [6.45, 7) is 6.67. The van der Waals surface area contributed by atoms with E-state index in [1.54, 1.807) is 23.7 Å². The van der Waals surface area contributed by atoms with Crippen LogP contribution in [0, 0.1) is 0 Å². The van der Waals surface area contributed by atoms with Gasteiger partial charge in [0.2, 0.25) is 0 Å². The van der Waals surface area contributed by atoms with E-state index in [0.29, 0.717) is 52.9 Å². The van der Waals surface area contributed by atoms with Gasteiger partial charge in [-0.05, 0) is 23.6 Å². The maximum atomic E-state index is 13.5. The van der Waals surface area contributed by atoms with E-state index in [0.717, 1.165) is 16.6 Å². The molecule has 2 N–H and O–H groups in total. The summed E-state index contributed by atoms with van der Waals surface area (Å²) >= 11 is 12.7. The summed E-state index contributed by atoms with van der Waals surface area (Å²) in [5, 5.41) is 13.9. The maximum Gasteiger partial charge on any atom is 0.310 e. The molecule has 1 aliphatic rings. The van der Waals surface area contributed by atoms with Gasteiger partial charge in [-0.1, -0.05) is 68.2 Å². The Morgan fingerprint density at radius 3 is 2.39 bits per heavy atom. The minimum absolute atomic E-state index is 0.281. The second kappa shape index (κ2) is 11.5. The van der Waals surface area contributed by atoms with Crippen molar-refractivity contribution in [1.29, 1.82) is 0 Å². The Balaban J connectivity index is 0.00000176. The van der Waals surface area contributed by atoms with E-state index in [4.69, 9.17) is 32.7 Å². The first kappa shape index (κ1) is 27.8. The van der Waals surface area contributed by atoms with Crippen LogP contribution < -0.4 is 10.1 Å². The van der Waals surface area contributed by atoms with Crippen molar-refractivity contribution in [2.75, 3.05) is 20.3 Å². The molecule has 0 spiro atoms. The van der Waals surface area contributed by atoms with Crippen molar-refractivity contribution in [3.05, 3.63) is 63.3 Å². The Morgan fingerprint density at radius 1 is 1.19 bits per heavy atom.